The van der Waals surface area contributed by atoms with Gasteiger partial charge in [-0.05, 0) is 44.0 Å². The normalized spacial score (nSPS) is 29.3. The van der Waals surface area contributed by atoms with Crippen molar-refractivity contribution in [2.75, 3.05) is 19.7 Å². The standard InChI is InChI=1S/C18H24BrN3O2/c19-12-4-5-17-13(11-12)14(7-10-24-17)20-18(23)21-15-6-9-22-8-2-1-3-16(15)22/h4-5,11,14-16H,1-3,6-10H2,(H2,20,21,23)/t14-,15-,16+/m1/s1. The third-order valence-electron chi connectivity index (χ3n) is 5.49. The van der Waals surface area contributed by atoms with Crippen molar-refractivity contribution in [1.29, 1.82) is 0 Å². The number of benzene rings is 1. The summed E-state index contributed by atoms with van der Waals surface area (Å²) in [6, 6.07) is 6.74. The molecule has 2 saturated heterocycles. The lowest BCUT2D eigenvalue weighted by Crippen LogP contribution is -2.50. The van der Waals surface area contributed by atoms with E-state index in [1.165, 1.54) is 25.8 Å². The van der Waals surface area contributed by atoms with E-state index < -0.39 is 0 Å². The number of hydrogen-bond donors (Lipinski definition) is 2. The number of piperidine rings is 1. The molecule has 130 valence electrons. The number of rotatable bonds is 2. The Kier molecular flexibility index (Phi) is 4.68. The first-order valence-electron chi connectivity index (χ1n) is 8.94. The van der Waals surface area contributed by atoms with Crippen LogP contribution in [-0.2, 0) is 0 Å². The lowest BCUT2D eigenvalue weighted by Gasteiger charge is -2.33. The highest BCUT2D eigenvalue weighted by molar-refractivity contribution is 9.10. The zero-order chi connectivity index (χ0) is 16.5. The highest BCUT2D eigenvalue weighted by atomic mass is 79.9. The number of carbonyl (C=O) groups is 1. The van der Waals surface area contributed by atoms with Crippen molar-refractivity contribution in [3.8, 4) is 5.75 Å². The second-order valence-electron chi connectivity index (χ2n) is 6.98. The fraction of sp³-hybridized carbons (Fsp3) is 0.611. The predicted molar refractivity (Wildman–Crippen MR) is 96.3 cm³/mol. The number of halogens is 1. The van der Waals surface area contributed by atoms with Crippen molar-refractivity contribution >= 4 is 22.0 Å². The maximum atomic E-state index is 12.5. The molecule has 0 radical (unpaired) electrons. The lowest BCUT2D eigenvalue weighted by molar-refractivity contribution is 0.177. The highest BCUT2D eigenvalue weighted by Crippen LogP contribution is 2.34. The molecule has 2 fully saturated rings. The Labute approximate surface area is 151 Å². The van der Waals surface area contributed by atoms with Gasteiger partial charge < -0.3 is 15.4 Å². The first-order valence-corrected chi connectivity index (χ1v) is 9.73. The van der Waals surface area contributed by atoms with E-state index in [2.05, 4.69) is 31.5 Å². The van der Waals surface area contributed by atoms with Gasteiger partial charge in [-0.3, -0.25) is 4.90 Å². The summed E-state index contributed by atoms with van der Waals surface area (Å²) in [6.07, 6.45) is 5.65. The molecule has 0 bridgehead atoms. The Bertz CT molecular complexity index is 624. The Balaban J connectivity index is 1.39. The Morgan fingerprint density at radius 2 is 2.08 bits per heavy atom. The van der Waals surface area contributed by atoms with E-state index in [0.29, 0.717) is 12.6 Å². The summed E-state index contributed by atoms with van der Waals surface area (Å²) >= 11 is 3.50. The van der Waals surface area contributed by atoms with Gasteiger partial charge in [0, 0.05) is 35.1 Å². The molecule has 1 aromatic rings. The van der Waals surface area contributed by atoms with E-state index in [0.717, 1.165) is 35.2 Å². The lowest BCUT2D eigenvalue weighted by atomic mass is 9.99. The fourth-order valence-corrected chi connectivity index (χ4v) is 4.68. The second kappa shape index (κ2) is 6.92. The molecule has 0 spiro atoms. The molecule has 0 aliphatic carbocycles. The summed E-state index contributed by atoms with van der Waals surface area (Å²) < 4.78 is 6.70. The van der Waals surface area contributed by atoms with Gasteiger partial charge in [0.05, 0.1) is 12.6 Å². The number of hydrogen-bond acceptors (Lipinski definition) is 3. The Morgan fingerprint density at radius 1 is 1.17 bits per heavy atom. The largest absolute Gasteiger partial charge is 0.493 e. The van der Waals surface area contributed by atoms with Crippen LogP contribution >= 0.6 is 15.9 Å². The number of ether oxygens (including phenoxy) is 1. The van der Waals surface area contributed by atoms with Crippen molar-refractivity contribution < 1.29 is 9.53 Å². The summed E-state index contributed by atoms with van der Waals surface area (Å²) in [5.74, 6) is 0.870. The smallest absolute Gasteiger partial charge is 0.315 e. The molecular formula is C18H24BrN3O2. The summed E-state index contributed by atoms with van der Waals surface area (Å²) in [7, 11) is 0. The number of nitrogens with zero attached hydrogens (tertiary/aromatic N) is 1. The van der Waals surface area contributed by atoms with Crippen molar-refractivity contribution in [2.24, 2.45) is 0 Å². The molecule has 3 aliphatic heterocycles. The molecule has 6 heteroatoms. The van der Waals surface area contributed by atoms with E-state index in [1.54, 1.807) is 0 Å². The van der Waals surface area contributed by atoms with Crippen LogP contribution in [0.25, 0.3) is 0 Å². The SMILES string of the molecule is O=C(N[C@@H]1CCOc2ccc(Br)cc21)N[C@@H]1CCN2CCCC[C@@H]12. The van der Waals surface area contributed by atoms with Crippen molar-refractivity contribution in [3.63, 3.8) is 0 Å². The maximum absolute atomic E-state index is 12.5. The van der Waals surface area contributed by atoms with Crippen LogP contribution in [0.15, 0.2) is 22.7 Å². The van der Waals surface area contributed by atoms with Gasteiger partial charge in [-0.2, -0.15) is 0 Å². The highest BCUT2D eigenvalue weighted by Gasteiger charge is 2.36. The van der Waals surface area contributed by atoms with Crippen LogP contribution in [0.1, 0.15) is 43.7 Å². The van der Waals surface area contributed by atoms with Crippen molar-refractivity contribution in [1.82, 2.24) is 15.5 Å². The van der Waals surface area contributed by atoms with E-state index >= 15 is 0 Å². The molecule has 3 atom stereocenters. The molecule has 3 heterocycles. The third kappa shape index (κ3) is 3.26. The minimum atomic E-state index is -0.0507. The van der Waals surface area contributed by atoms with Gasteiger partial charge in [0.1, 0.15) is 5.75 Å². The molecular weight excluding hydrogens is 370 g/mol. The maximum Gasteiger partial charge on any atom is 0.315 e. The Morgan fingerprint density at radius 3 is 3.00 bits per heavy atom. The quantitative estimate of drug-likeness (QED) is 0.810. The van der Waals surface area contributed by atoms with E-state index in [1.807, 2.05) is 18.2 Å². The van der Waals surface area contributed by atoms with Crippen LogP contribution in [0.3, 0.4) is 0 Å². The molecule has 3 aliphatic rings. The van der Waals surface area contributed by atoms with E-state index in [4.69, 9.17) is 4.74 Å². The molecule has 2 N–H and O–H groups in total. The minimum absolute atomic E-state index is 0.00936. The van der Waals surface area contributed by atoms with Crippen LogP contribution < -0.4 is 15.4 Å². The van der Waals surface area contributed by atoms with E-state index in [-0.39, 0.29) is 18.1 Å². The van der Waals surface area contributed by atoms with Gasteiger partial charge in [-0.1, -0.05) is 22.4 Å². The average molecular weight is 394 g/mol. The molecule has 1 aromatic carbocycles. The fourth-order valence-electron chi connectivity index (χ4n) is 4.30. The number of fused-ring (bicyclic) bond motifs is 2. The van der Waals surface area contributed by atoms with Gasteiger partial charge in [-0.15, -0.1) is 0 Å². The molecule has 24 heavy (non-hydrogen) atoms. The molecule has 2 amide bonds. The van der Waals surface area contributed by atoms with Crippen molar-refractivity contribution in [2.45, 2.75) is 50.2 Å². The summed E-state index contributed by atoms with van der Waals surface area (Å²) in [5, 5.41) is 6.38. The van der Waals surface area contributed by atoms with Gasteiger partial charge >= 0.3 is 6.03 Å². The summed E-state index contributed by atoms with van der Waals surface area (Å²) in [5.41, 5.74) is 1.05. The second-order valence-corrected chi connectivity index (χ2v) is 7.90. The minimum Gasteiger partial charge on any atom is -0.493 e. The van der Waals surface area contributed by atoms with Crippen LogP contribution in [-0.4, -0.2) is 42.7 Å². The topological polar surface area (TPSA) is 53.6 Å². The first-order chi connectivity index (χ1) is 11.7. The van der Waals surface area contributed by atoms with Gasteiger partial charge in [-0.25, -0.2) is 4.79 Å². The van der Waals surface area contributed by atoms with Crippen LogP contribution in [0.2, 0.25) is 0 Å². The third-order valence-corrected chi connectivity index (χ3v) is 5.98. The predicted octanol–water partition coefficient (Wildman–Crippen LogP) is 3.20. The zero-order valence-corrected chi connectivity index (χ0v) is 15.3. The molecule has 0 aromatic heterocycles. The zero-order valence-electron chi connectivity index (χ0n) is 13.8. The average Bonchev–Trinajstić information content (AvgIpc) is 2.98. The van der Waals surface area contributed by atoms with E-state index in [9.17, 15) is 4.79 Å². The van der Waals surface area contributed by atoms with Gasteiger partial charge in [0.15, 0.2) is 0 Å². The number of amides is 2. The number of nitrogens with one attached hydrogen (secondary N) is 2. The summed E-state index contributed by atoms with van der Waals surface area (Å²) in [4.78, 5) is 15.1. The van der Waals surface area contributed by atoms with Crippen LogP contribution in [0.5, 0.6) is 5.75 Å². The monoisotopic (exact) mass is 393 g/mol. The van der Waals surface area contributed by atoms with Crippen LogP contribution in [0, 0.1) is 0 Å². The molecule has 5 nitrogen and oxygen atoms in total. The molecule has 0 unspecified atom stereocenters. The number of urea groups is 1. The first kappa shape index (κ1) is 16.2. The van der Waals surface area contributed by atoms with Crippen molar-refractivity contribution in [3.05, 3.63) is 28.2 Å². The van der Waals surface area contributed by atoms with Gasteiger partial charge in [0.25, 0.3) is 0 Å². The Hall–Kier alpha value is -1.27. The van der Waals surface area contributed by atoms with Crippen LogP contribution in [0.4, 0.5) is 4.79 Å². The van der Waals surface area contributed by atoms with Gasteiger partial charge in [0.2, 0.25) is 0 Å². The number of carbonyl (C=O) groups excluding carboxylic acids is 1. The molecule has 4 rings (SSSR count). The molecule has 0 saturated carbocycles. The summed E-state index contributed by atoms with van der Waals surface area (Å²) in [6.45, 7) is 2.94.